The van der Waals surface area contributed by atoms with Crippen LogP contribution in [0.15, 0.2) is 48.5 Å². The maximum absolute atomic E-state index is 12.3. The van der Waals surface area contributed by atoms with Gasteiger partial charge in [0.05, 0.1) is 12.2 Å². The number of anilines is 1. The first-order chi connectivity index (χ1) is 11.5. The number of amides is 1. The van der Waals surface area contributed by atoms with E-state index in [1.807, 2.05) is 6.07 Å². The maximum Gasteiger partial charge on any atom is 0.335 e. The molecule has 0 radical (unpaired) electrons. The molecule has 5 nitrogen and oxygen atoms in total. The number of ether oxygens (including phenoxy) is 1. The van der Waals surface area contributed by atoms with Crippen molar-refractivity contribution in [2.45, 2.75) is 20.3 Å². The normalized spacial score (nSPS) is 10.5. The summed E-state index contributed by atoms with van der Waals surface area (Å²) in [4.78, 5) is 23.3. The van der Waals surface area contributed by atoms with Crippen LogP contribution in [0.3, 0.4) is 0 Å². The summed E-state index contributed by atoms with van der Waals surface area (Å²) < 4.78 is 5.65. The summed E-state index contributed by atoms with van der Waals surface area (Å²) >= 11 is 0. The molecule has 0 aliphatic heterocycles. The molecule has 1 amide bonds. The van der Waals surface area contributed by atoms with Gasteiger partial charge in [-0.25, -0.2) is 4.79 Å². The van der Waals surface area contributed by atoms with Crippen molar-refractivity contribution in [1.82, 2.24) is 0 Å². The highest BCUT2D eigenvalue weighted by Crippen LogP contribution is 2.17. The van der Waals surface area contributed by atoms with Crippen LogP contribution in [-0.4, -0.2) is 23.6 Å². The highest BCUT2D eigenvalue weighted by Gasteiger charge is 2.09. The number of aromatic carboxylic acids is 1. The van der Waals surface area contributed by atoms with Gasteiger partial charge in [-0.05, 0) is 48.7 Å². The van der Waals surface area contributed by atoms with Crippen LogP contribution in [-0.2, 0) is 0 Å². The lowest BCUT2D eigenvalue weighted by atomic mass is 10.1. The number of carboxylic acids is 1. The Hall–Kier alpha value is -2.82. The molecule has 0 bridgehead atoms. The molecule has 2 N–H and O–H groups in total. The van der Waals surface area contributed by atoms with E-state index in [9.17, 15) is 9.59 Å². The fourth-order valence-electron chi connectivity index (χ4n) is 2.07. The third-order valence-corrected chi connectivity index (χ3v) is 3.43. The molecule has 2 rings (SSSR count). The van der Waals surface area contributed by atoms with Gasteiger partial charge in [0.15, 0.2) is 0 Å². The number of hydrogen-bond acceptors (Lipinski definition) is 3. The van der Waals surface area contributed by atoms with Crippen molar-refractivity contribution >= 4 is 17.6 Å². The van der Waals surface area contributed by atoms with Gasteiger partial charge in [-0.15, -0.1) is 0 Å². The number of nitrogens with one attached hydrogen (secondary N) is 1. The topological polar surface area (TPSA) is 75.6 Å². The number of hydrogen-bond donors (Lipinski definition) is 2. The average Bonchev–Trinajstić information content (AvgIpc) is 2.55. The summed E-state index contributed by atoms with van der Waals surface area (Å²) in [5.41, 5.74) is 1.02. The molecule has 24 heavy (non-hydrogen) atoms. The largest absolute Gasteiger partial charge is 0.494 e. The Balaban J connectivity index is 2.04. The zero-order chi connectivity index (χ0) is 17.5. The Morgan fingerprint density at radius 3 is 2.50 bits per heavy atom. The van der Waals surface area contributed by atoms with Gasteiger partial charge in [-0.2, -0.15) is 0 Å². The van der Waals surface area contributed by atoms with Gasteiger partial charge in [0.25, 0.3) is 5.91 Å². The molecule has 0 atom stereocenters. The molecule has 2 aromatic carbocycles. The minimum atomic E-state index is -1.04. The molecular weight excluding hydrogens is 306 g/mol. The van der Waals surface area contributed by atoms with E-state index in [0.29, 0.717) is 29.5 Å². The fraction of sp³-hybridized carbons (Fsp3) is 0.263. The van der Waals surface area contributed by atoms with Gasteiger partial charge in [-0.1, -0.05) is 26.0 Å². The van der Waals surface area contributed by atoms with Crippen molar-refractivity contribution in [3.63, 3.8) is 0 Å². The number of benzene rings is 2. The summed E-state index contributed by atoms with van der Waals surface area (Å²) in [5.74, 6) is -0.154. The lowest BCUT2D eigenvalue weighted by molar-refractivity contribution is 0.0696. The fourth-order valence-corrected chi connectivity index (χ4v) is 2.07. The van der Waals surface area contributed by atoms with E-state index >= 15 is 0 Å². The molecule has 0 fully saturated rings. The molecule has 0 spiro atoms. The summed E-state index contributed by atoms with van der Waals surface area (Å²) in [6.45, 7) is 4.85. The zero-order valence-corrected chi connectivity index (χ0v) is 13.8. The molecule has 0 saturated carbocycles. The lowest BCUT2D eigenvalue weighted by Gasteiger charge is -2.10. The molecule has 0 unspecified atom stereocenters. The molecule has 0 aliphatic carbocycles. The van der Waals surface area contributed by atoms with E-state index in [2.05, 4.69) is 19.2 Å². The molecular formula is C19H21NO4. The number of carbonyl (C=O) groups excluding carboxylic acids is 1. The van der Waals surface area contributed by atoms with Gasteiger partial charge < -0.3 is 15.2 Å². The predicted molar refractivity (Wildman–Crippen MR) is 92.7 cm³/mol. The molecule has 5 heteroatoms. The van der Waals surface area contributed by atoms with Crippen LogP contribution in [0.2, 0.25) is 0 Å². The van der Waals surface area contributed by atoms with Crippen LogP contribution in [0.25, 0.3) is 0 Å². The van der Waals surface area contributed by atoms with Crippen molar-refractivity contribution in [1.29, 1.82) is 0 Å². The van der Waals surface area contributed by atoms with Crippen LogP contribution in [0.5, 0.6) is 5.75 Å². The number of carboxylic acid groups (broad SMARTS) is 1. The quantitative estimate of drug-likeness (QED) is 0.804. The van der Waals surface area contributed by atoms with Crippen molar-refractivity contribution in [3.05, 3.63) is 59.7 Å². The average molecular weight is 327 g/mol. The SMILES string of the molecule is CC(C)CCOc1cccc(C(=O)Nc2cccc(C(=O)O)c2)c1. The summed E-state index contributed by atoms with van der Waals surface area (Å²) in [7, 11) is 0. The predicted octanol–water partition coefficient (Wildman–Crippen LogP) is 4.06. The van der Waals surface area contributed by atoms with Gasteiger partial charge >= 0.3 is 5.97 Å². The Bertz CT molecular complexity index is 725. The number of carbonyl (C=O) groups is 2. The van der Waals surface area contributed by atoms with Crippen LogP contribution in [0.1, 0.15) is 41.0 Å². The van der Waals surface area contributed by atoms with Crippen molar-refractivity contribution in [2.24, 2.45) is 5.92 Å². The monoisotopic (exact) mass is 327 g/mol. The van der Waals surface area contributed by atoms with Crippen molar-refractivity contribution in [3.8, 4) is 5.75 Å². The minimum Gasteiger partial charge on any atom is -0.494 e. The van der Waals surface area contributed by atoms with Crippen LogP contribution < -0.4 is 10.1 Å². The Kier molecular flexibility index (Phi) is 5.95. The van der Waals surface area contributed by atoms with E-state index in [-0.39, 0.29) is 11.5 Å². The highest BCUT2D eigenvalue weighted by atomic mass is 16.5. The lowest BCUT2D eigenvalue weighted by Crippen LogP contribution is -2.12. The Labute approximate surface area is 141 Å². The maximum atomic E-state index is 12.3. The standard InChI is InChI=1S/C19H21NO4/c1-13(2)9-10-24-17-8-4-5-14(12-17)18(21)20-16-7-3-6-15(11-16)19(22)23/h3-8,11-13H,9-10H2,1-2H3,(H,20,21)(H,22,23). The van der Waals surface area contributed by atoms with Crippen LogP contribution in [0, 0.1) is 5.92 Å². The first kappa shape index (κ1) is 17.5. The summed E-state index contributed by atoms with van der Waals surface area (Å²) in [6, 6.07) is 13.1. The summed E-state index contributed by atoms with van der Waals surface area (Å²) in [5, 5.41) is 11.7. The summed E-state index contributed by atoms with van der Waals surface area (Å²) in [6.07, 6.45) is 0.943. The third kappa shape index (κ3) is 5.12. The molecule has 0 saturated heterocycles. The molecule has 126 valence electrons. The van der Waals surface area contributed by atoms with E-state index in [1.54, 1.807) is 30.3 Å². The van der Waals surface area contributed by atoms with Crippen molar-refractivity contribution in [2.75, 3.05) is 11.9 Å². The Morgan fingerprint density at radius 2 is 1.79 bits per heavy atom. The second kappa shape index (κ2) is 8.15. The number of rotatable bonds is 7. The highest BCUT2D eigenvalue weighted by molar-refractivity contribution is 6.05. The van der Waals surface area contributed by atoms with E-state index < -0.39 is 5.97 Å². The van der Waals surface area contributed by atoms with Crippen LogP contribution in [0.4, 0.5) is 5.69 Å². The van der Waals surface area contributed by atoms with Gasteiger partial charge in [0.2, 0.25) is 0 Å². The third-order valence-electron chi connectivity index (χ3n) is 3.43. The van der Waals surface area contributed by atoms with E-state index in [4.69, 9.17) is 9.84 Å². The van der Waals surface area contributed by atoms with Gasteiger partial charge in [0.1, 0.15) is 5.75 Å². The second-order valence-electron chi connectivity index (χ2n) is 5.90. The first-order valence-corrected chi connectivity index (χ1v) is 7.83. The molecule has 2 aromatic rings. The smallest absolute Gasteiger partial charge is 0.335 e. The molecule has 0 aliphatic rings. The van der Waals surface area contributed by atoms with Crippen molar-refractivity contribution < 1.29 is 19.4 Å². The Morgan fingerprint density at radius 1 is 1.08 bits per heavy atom. The van der Waals surface area contributed by atoms with Gasteiger partial charge in [-0.3, -0.25) is 4.79 Å². The molecule has 0 heterocycles. The minimum absolute atomic E-state index is 0.124. The van der Waals surface area contributed by atoms with E-state index in [0.717, 1.165) is 6.42 Å². The zero-order valence-electron chi connectivity index (χ0n) is 13.8. The van der Waals surface area contributed by atoms with E-state index in [1.165, 1.54) is 12.1 Å². The first-order valence-electron chi connectivity index (χ1n) is 7.83. The molecule has 0 aromatic heterocycles. The second-order valence-corrected chi connectivity index (χ2v) is 5.90. The van der Waals surface area contributed by atoms with Gasteiger partial charge in [0, 0.05) is 11.3 Å². The van der Waals surface area contributed by atoms with Crippen LogP contribution >= 0.6 is 0 Å².